The van der Waals surface area contributed by atoms with Gasteiger partial charge in [0.15, 0.2) is 5.76 Å². The van der Waals surface area contributed by atoms with Crippen molar-refractivity contribution in [1.29, 1.82) is 0 Å². The van der Waals surface area contributed by atoms with Crippen LogP contribution in [0.15, 0.2) is 74.4 Å². The molecular weight excluding hydrogens is 460 g/mol. The first-order valence-electron chi connectivity index (χ1n) is 8.57. The van der Waals surface area contributed by atoms with Gasteiger partial charge >= 0.3 is 0 Å². The van der Waals surface area contributed by atoms with Crippen LogP contribution in [-0.2, 0) is 16.6 Å². The maximum Gasteiger partial charge on any atom is 0.291 e. The zero-order valence-electron chi connectivity index (χ0n) is 15.8. The van der Waals surface area contributed by atoms with Gasteiger partial charge in [-0.3, -0.25) is 4.79 Å². The minimum Gasteiger partial charge on any atom is -0.486 e. The molecular formula is C20H19BrN2O5S. The summed E-state index contributed by atoms with van der Waals surface area (Å²) in [5.74, 6) is 0.628. The van der Waals surface area contributed by atoms with E-state index in [4.69, 9.17) is 9.15 Å². The van der Waals surface area contributed by atoms with Crippen molar-refractivity contribution in [2.75, 3.05) is 19.4 Å². The Morgan fingerprint density at radius 1 is 1.07 bits per heavy atom. The second-order valence-corrected chi connectivity index (χ2v) is 9.28. The number of anilines is 1. The molecule has 152 valence electrons. The Hall–Kier alpha value is -2.62. The maximum atomic E-state index is 12.5. The van der Waals surface area contributed by atoms with E-state index in [2.05, 4.69) is 21.2 Å². The molecule has 9 heteroatoms. The first-order chi connectivity index (χ1) is 13.8. The van der Waals surface area contributed by atoms with E-state index in [1.807, 2.05) is 24.3 Å². The number of rotatable bonds is 7. The molecule has 0 spiro atoms. The number of halogens is 1. The van der Waals surface area contributed by atoms with Gasteiger partial charge in [-0.2, -0.15) is 0 Å². The van der Waals surface area contributed by atoms with Gasteiger partial charge < -0.3 is 14.5 Å². The van der Waals surface area contributed by atoms with Gasteiger partial charge in [0.2, 0.25) is 10.0 Å². The van der Waals surface area contributed by atoms with E-state index in [9.17, 15) is 13.2 Å². The molecule has 0 bridgehead atoms. The highest BCUT2D eigenvalue weighted by atomic mass is 79.9. The summed E-state index contributed by atoms with van der Waals surface area (Å²) in [5.41, 5.74) is 0.176. The van der Waals surface area contributed by atoms with Crippen molar-refractivity contribution in [2.45, 2.75) is 11.5 Å². The van der Waals surface area contributed by atoms with Crippen molar-refractivity contribution in [3.63, 3.8) is 0 Å². The first kappa shape index (κ1) is 21.1. The summed E-state index contributed by atoms with van der Waals surface area (Å²) in [4.78, 5) is 12.5. The number of carbonyl (C=O) groups is 1. The third-order valence-electron chi connectivity index (χ3n) is 3.97. The summed E-state index contributed by atoms with van der Waals surface area (Å²) in [6.45, 7) is 0.153. The molecule has 0 unspecified atom stereocenters. The minimum absolute atomic E-state index is 0.00343. The Kier molecular flexibility index (Phi) is 6.41. The van der Waals surface area contributed by atoms with Crippen LogP contribution >= 0.6 is 15.9 Å². The minimum atomic E-state index is -3.71. The normalized spacial score (nSPS) is 11.4. The van der Waals surface area contributed by atoms with Gasteiger partial charge in [0.25, 0.3) is 5.91 Å². The third kappa shape index (κ3) is 5.06. The molecule has 0 atom stereocenters. The van der Waals surface area contributed by atoms with E-state index in [-0.39, 0.29) is 22.9 Å². The Balaban J connectivity index is 1.71. The highest BCUT2D eigenvalue weighted by Gasteiger charge is 2.22. The Labute approximate surface area is 177 Å². The molecule has 1 N–H and O–H groups in total. The summed E-state index contributed by atoms with van der Waals surface area (Å²) >= 11 is 3.35. The fraction of sp³-hybridized carbons (Fsp3) is 0.150. The van der Waals surface area contributed by atoms with E-state index in [0.717, 1.165) is 8.78 Å². The molecule has 2 aromatic carbocycles. The van der Waals surface area contributed by atoms with Gasteiger partial charge in [-0.05, 0) is 48.5 Å². The number of nitrogens with one attached hydrogen (secondary N) is 1. The van der Waals surface area contributed by atoms with Gasteiger partial charge in [0, 0.05) is 18.6 Å². The fourth-order valence-electron chi connectivity index (χ4n) is 2.44. The number of amides is 1. The largest absolute Gasteiger partial charge is 0.486 e. The summed E-state index contributed by atoms with van der Waals surface area (Å²) in [6, 6.07) is 16.7. The van der Waals surface area contributed by atoms with Crippen LogP contribution in [0.1, 0.15) is 16.3 Å². The molecule has 0 saturated heterocycles. The average Bonchev–Trinajstić information content (AvgIpc) is 3.17. The van der Waals surface area contributed by atoms with Gasteiger partial charge in [-0.1, -0.05) is 28.1 Å². The zero-order valence-corrected chi connectivity index (χ0v) is 18.2. The molecule has 1 amide bonds. The topological polar surface area (TPSA) is 88.9 Å². The number of furan rings is 1. The number of para-hydroxylation sites is 1. The number of hydrogen-bond acceptors (Lipinski definition) is 5. The molecule has 0 aliphatic heterocycles. The predicted molar refractivity (Wildman–Crippen MR) is 112 cm³/mol. The summed E-state index contributed by atoms with van der Waals surface area (Å²) in [5, 5.41) is 2.60. The lowest BCUT2D eigenvalue weighted by Crippen LogP contribution is -2.24. The summed E-state index contributed by atoms with van der Waals surface area (Å²) in [7, 11) is -0.850. The maximum absolute atomic E-state index is 12.5. The Morgan fingerprint density at radius 3 is 2.45 bits per heavy atom. The Morgan fingerprint density at radius 2 is 1.76 bits per heavy atom. The first-order valence-corrected chi connectivity index (χ1v) is 10.8. The number of benzene rings is 2. The van der Waals surface area contributed by atoms with Crippen LogP contribution in [0, 0.1) is 0 Å². The molecule has 1 aromatic heterocycles. The SMILES string of the molecule is CN(C)S(=O)(=O)c1ccccc1NC(=O)c1ccc(COc2ccc(Br)cc2)o1. The number of carbonyl (C=O) groups excluding carboxylic acids is 1. The van der Waals surface area contributed by atoms with Gasteiger partial charge in [0.05, 0.1) is 5.69 Å². The molecule has 0 saturated carbocycles. The molecule has 3 rings (SSSR count). The molecule has 1 heterocycles. The van der Waals surface area contributed by atoms with E-state index in [0.29, 0.717) is 11.5 Å². The van der Waals surface area contributed by atoms with E-state index in [1.54, 1.807) is 18.2 Å². The van der Waals surface area contributed by atoms with E-state index >= 15 is 0 Å². The van der Waals surface area contributed by atoms with E-state index < -0.39 is 15.9 Å². The standard InChI is InChI=1S/C20H19BrN2O5S/c1-23(2)29(25,26)19-6-4-3-5-17(19)22-20(24)18-12-11-16(28-18)13-27-15-9-7-14(21)8-10-15/h3-12H,13H2,1-2H3,(H,22,24). The van der Waals surface area contributed by atoms with Crippen LogP contribution in [0.5, 0.6) is 5.75 Å². The van der Waals surface area contributed by atoms with Crippen molar-refractivity contribution in [1.82, 2.24) is 4.31 Å². The van der Waals surface area contributed by atoms with Crippen molar-refractivity contribution in [3.05, 3.63) is 76.7 Å². The van der Waals surface area contributed by atoms with Gasteiger partial charge in [-0.15, -0.1) is 0 Å². The lowest BCUT2D eigenvalue weighted by Gasteiger charge is -2.15. The lowest BCUT2D eigenvalue weighted by molar-refractivity contribution is 0.0992. The smallest absolute Gasteiger partial charge is 0.291 e. The lowest BCUT2D eigenvalue weighted by atomic mass is 10.3. The highest BCUT2D eigenvalue weighted by Crippen LogP contribution is 2.24. The second-order valence-electron chi connectivity index (χ2n) is 6.25. The van der Waals surface area contributed by atoms with Crippen molar-refractivity contribution < 1.29 is 22.4 Å². The van der Waals surface area contributed by atoms with Crippen LogP contribution in [0.3, 0.4) is 0 Å². The average molecular weight is 479 g/mol. The van der Waals surface area contributed by atoms with E-state index in [1.165, 1.54) is 32.3 Å². The monoisotopic (exact) mass is 478 g/mol. The molecule has 29 heavy (non-hydrogen) atoms. The summed E-state index contributed by atoms with van der Waals surface area (Å²) in [6.07, 6.45) is 0. The van der Waals surface area contributed by atoms with Crippen LogP contribution in [0.2, 0.25) is 0 Å². The van der Waals surface area contributed by atoms with Crippen LogP contribution in [0.25, 0.3) is 0 Å². The molecule has 0 aliphatic rings. The number of ether oxygens (including phenoxy) is 1. The van der Waals surface area contributed by atoms with Gasteiger partial charge in [-0.25, -0.2) is 12.7 Å². The summed E-state index contributed by atoms with van der Waals surface area (Å²) < 4.78 is 38.1. The molecule has 0 aliphatic carbocycles. The number of hydrogen-bond donors (Lipinski definition) is 1. The van der Waals surface area contributed by atoms with Crippen LogP contribution in [-0.4, -0.2) is 32.7 Å². The quantitative estimate of drug-likeness (QED) is 0.551. The second kappa shape index (κ2) is 8.81. The van der Waals surface area contributed by atoms with Gasteiger partial charge in [0.1, 0.15) is 23.0 Å². The number of nitrogens with zero attached hydrogens (tertiary/aromatic N) is 1. The molecule has 7 nitrogen and oxygen atoms in total. The molecule has 0 radical (unpaired) electrons. The number of sulfonamides is 1. The Bertz CT molecular complexity index is 1110. The molecule has 3 aromatic rings. The van der Waals surface area contributed by atoms with Crippen molar-refractivity contribution in [3.8, 4) is 5.75 Å². The molecule has 0 fully saturated rings. The van der Waals surface area contributed by atoms with Crippen molar-refractivity contribution in [2.24, 2.45) is 0 Å². The predicted octanol–water partition coefficient (Wildman–Crippen LogP) is 4.12. The van der Waals surface area contributed by atoms with Crippen molar-refractivity contribution >= 4 is 37.5 Å². The third-order valence-corrected chi connectivity index (χ3v) is 6.38. The zero-order chi connectivity index (χ0) is 21.0. The van der Waals surface area contributed by atoms with Crippen LogP contribution < -0.4 is 10.1 Å². The fourth-order valence-corrected chi connectivity index (χ4v) is 3.74. The van der Waals surface area contributed by atoms with Crippen LogP contribution in [0.4, 0.5) is 5.69 Å². The highest BCUT2D eigenvalue weighted by molar-refractivity contribution is 9.10.